The molecule has 53 heavy (non-hydrogen) atoms. The summed E-state index contributed by atoms with van der Waals surface area (Å²) in [5.74, 6) is 4.59. The van der Waals surface area contributed by atoms with Gasteiger partial charge in [0, 0.05) is 44.5 Å². The molecule has 0 amide bonds. The molecule has 2 saturated carbocycles. The monoisotopic (exact) mass is 732 g/mol. The number of guanidine groups is 1. The Balaban J connectivity index is 1.40. The maximum absolute atomic E-state index is 14.2. The van der Waals surface area contributed by atoms with Crippen LogP contribution in [-0.2, 0) is 22.4 Å². The van der Waals surface area contributed by atoms with Gasteiger partial charge >= 0.3 is 0 Å². The summed E-state index contributed by atoms with van der Waals surface area (Å²) in [5.41, 5.74) is 0.979. The number of aliphatic hydroxyl groups excluding tert-OH is 2. The average Bonchev–Trinajstić information content (AvgIpc) is 3.73. The fraction of sp³-hybridized carbons (Fsp3) is 0.561. The number of allylic oxidation sites excluding steroid dienone is 2. The second-order valence-corrected chi connectivity index (χ2v) is 14.6. The first kappa shape index (κ1) is 39.9. The number of phenols is 2. The smallest absolute Gasteiger partial charge is 0.207 e. The second kappa shape index (κ2) is 18.7. The minimum Gasteiger partial charge on any atom is -0.504 e. The molecule has 1 aliphatic heterocycles. The third kappa shape index (κ3) is 10.0. The van der Waals surface area contributed by atoms with Crippen molar-refractivity contribution in [1.82, 2.24) is 10.6 Å². The van der Waals surface area contributed by atoms with Crippen molar-refractivity contribution in [2.75, 3.05) is 46.3 Å². The molecule has 2 bridgehead atoms. The quantitative estimate of drug-likeness (QED) is 0.0653. The number of aryl methyl sites for hydroxylation is 1. The van der Waals surface area contributed by atoms with Gasteiger partial charge in [-0.2, -0.15) is 0 Å². The molecule has 2 fully saturated rings. The zero-order chi connectivity index (χ0) is 37.8. The first-order valence-electron chi connectivity index (χ1n) is 18.8. The van der Waals surface area contributed by atoms with Crippen LogP contribution in [0.2, 0.25) is 0 Å². The van der Waals surface area contributed by atoms with Crippen LogP contribution in [0.1, 0.15) is 75.3 Å². The maximum Gasteiger partial charge on any atom is 0.207 e. The third-order valence-corrected chi connectivity index (χ3v) is 11.0. The van der Waals surface area contributed by atoms with E-state index < -0.39 is 17.3 Å². The first-order valence-corrected chi connectivity index (χ1v) is 18.8. The molecule has 12 nitrogen and oxygen atoms in total. The number of aromatic hydroxyl groups is 2. The van der Waals surface area contributed by atoms with Crippen LogP contribution in [0, 0.1) is 29.2 Å². The van der Waals surface area contributed by atoms with Crippen LogP contribution in [0.5, 0.6) is 23.0 Å². The molecular formula is C41H56N4O8. The lowest BCUT2D eigenvalue weighted by Crippen LogP contribution is -2.43. The molecule has 5 atom stereocenters. The fourth-order valence-electron chi connectivity index (χ4n) is 8.30. The molecule has 0 aromatic heterocycles. The number of carbonyl (C=O) groups is 1. The number of anilines is 1. The van der Waals surface area contributed by atoms with E-state index in [1.807, 2.05) is 37.4 Å². The molecule has 0 spiro atoms. The molecule has 2 aromatic carbocycles. The summed E-state index contributed by atoms with van der Waals surface area (Å²) < 4.78 is 17.6. The van der Waals surface area contributed by atoms with Crippen molar-refractivity contribution < 1.29 is 39.4 Å². The molecule has 0 radical (unpaired) electrons. The Hall–Kier alpha value is -4.28. The van der Waals surface area contributed by atoms with Crippen LogP contribution in [-0.4, -0.2) is 85.0 Å². The highest BCUT2D eigenvalue weighted by Crippen LogP contribution is 2.49. The predicted molar refractivity (Wildman–Crippen MR) is 204 cm³/mol. The van der Waals surface area contributed by atoms with Gasteiger partial charge < -0.3 is 45.3 Å². The molecule has 288 valence electrons. The number of hydrogen-bond donors (Lipinski definition) is 7. The van der Waals surface area contributed by atoms with Crippen LogP contribution in [0.4, 0.5) is 5.69 Å². The normalized spacial score (nSPS) is 25.9. The number of rotatable bonds is 13. The Labute approximate surface area is 313 Å². The van der Waals surface area contributed by atoms with Crippen LogP contribution >= 0.6 is 0 Å². The van der Waals surface area contributed by atoms with E-state index in [9.17, 15) is 20.1 Å². The predicted octanol–water partition coefficient (Wildman–Crippen LogP) is 4.79. The average molecular weight is 733 g/mol. The van der Waals surface area contributed by atoms with E-state index in [-0.39, 0.29) is 35.7 Å². The number of nitrogens with zero attached hydrogens (tertiary/aromatic N) is 1. The molecular weight excluding hydrogens is 676 g/mol. The van der Waals surface area contributed by atoms with Gasteiger partial charge in [0.15, 0.2) is 35.1 Å². The van der Waals surface area contributed by atoms with Crippen molar-refractivity contribution in [3.63, 3.8) is 0 Å². The highest BCUT2D eigenvalue weighted by atomic mass is 16.6. The van der Waals surface area contributed by atoms with Gasteiger partial charge in [0.2, 0.25) is 5.96 Å². The van der Waals surface area contributed by atoms with Gasteiger partial charge in [-0.1, -0.05) is 24.5 Å². The summed E-state index contributed by atoms with van der Waals surface area (Å²) >= 11 is 0. The number of aliphatic imine (C=N–C) groups is 1. The Morgan fingerprint density at radius 1 is 1.15 bits per heavy atom. The van der Waals surface area contributed by atoms with Crippen LogP contribution in [0.15, 0.2) is 47.5 Å². The van der Waals surface area contributed by atoms with Gasteiger partial charge in [-0.15, -0.1) is 0 Å². The van der Waals surface area contributed by atoms with Gasteiger partial charge in [-0.3, -0.25) is 15.1 Å². The van der Waals surface area contributed by atoms with Gasteiger partial charge in [0.1, 0.15) is 5.60 Å². The van der Waals surface area contributed by atoms with E-state index in [1.165, 1.54) is 7.11 Å². The minimum absolute atomic E-state index is 0.0116. The minimum atomic E-state index is -0.919. The van der Waals surface area contributed by atoms with Crippen LogP contribution < -0.4 is 25.4 Å². The van der Waals surface area contributed by atoms with Crippen LogP contribution in [0.3, 0.4) is 0 Å². The number of carbonyl (C=O) groups excluding carboxylic acids is 1. The lowest BCUT2D eigenvalue weighted by Gasteiger charge is -2.33. The van der Waals surface area contributed by atoms with Crippen molar-refractivity contribution >= 4 is 17.4 Å². The van der Waals surface area contributed by atoms with Crippen molar-refractivity contribution in [3.8, 4) is 35.0 Å². The number of methoxy groups -OCH3 is 1. The molecule has 0 unspecified atom stereocenters. The van der Waals surface area contributed by atoms with Crippen molar-refractivity contribution in [2.24, 2.45) is 22.2 Å². The lowest BCUT2D eigenvalue weighted by molar-refractivity contribution is -0.125. The number of nitrogens with one attached hydrogen (secondary N) is 3. The molecule has 5 rings (SSSR count). The third-order valence-electron chi connectivity index (χ3n) is 11.0. The highest BCUT2D eigenvalue weighted by Gasteiger charge is 2.47. The summed E-state index contributed by atoms with van der Waals surface area (Å²) in [6.45, 7) is 0.848. The van der Waals surface area contributed by atoms with Gasteiger partial charge in [0.25, 0.3) is 0 Å². The Kier molecular flexibility index (Phi) is 14.1. The molecule has 12 heteroatoms. The fourth-order valence-corrected chi connectivity index (χ4v) is 8.30. The van der Waals surface area contributed by atoms with E-state index in [4.69, 9.17) is 19.3 Å². The van der Waals surface area contributed by atoms with Crippen LogP contribution in [0.25, 0.3) is 0 Å². The van der Waals surface area contributed by atoms with E-state index in [0.29, 0.717) is 81.2 Å². The number of hydrogen-bond acceptors (Lipinski definition) is 10. The van der Waals surface area contributed by atoms with E-state index in [0.717, 1.165) is 43.2 Å². The number of ether oxygens (including phenoxy) is 3. The topological polar surface area (TPSA) is 174 Å². The van der Waals surface area contributed by atoms with Crippen molar-refractivity contribution in [1.29, 1.82) is 0 Å². The zero-order valence-electron chi connectivity index (χ0n) is 31.2. The summed E-state index contributed by atoms with van der Waals surface area (Å²) in [4.78, 5) is 18.5. The van der Waals surface area contributed by atoms with Gasteiger partial charge in [-0.25, -0.2) is 0 Å². The lowest BCUT2D eigenvalue weighted by atomic mass is 9.69. The summed E-state index contributed by atoms with van der Waals surface area (Å²) in [6, 6.07) is 12.0. The van der Waals surface area contributed by atoms with Gasteiger partial charge in [-0.05, 0) is 118 Å². The largest absolute Gasteiger partial charge is 0.504 e. The molecule has 7 N–H and O–H groups in total. The highest BCUT2D eigenvalue weighted by molar-refractivity contribution is 5.97. The number of phenolic OH excluding ortho intramolecular Hbond substituents is 2. The maximum atomic E-state index is 14.2. The first-order chi connectivity index (χ1) is 25.6. The van der Waals surface area contributed by atoms with Crippen molar-refractivity contribution in [3.05, 3.63) is 53.6 Å². The number of aliphatic hydroxyl groups is 2. The SMILES string of the molecule is CN=C1NC#CC[C@H]2CCC[C@]2(Cc2ccc(O)c(OC)c2)C(=O)C=CCCc2cc(c(O)c(O[C@@]3(CNC)CC[C@H](C[C@H](O)OCCCO)C3)c2)N1. The zero-order valence-corrected chi connectivity index (χ0v) is 31.2. The summed E-state index contributed by atoms with van der Waals surface area (Å²) in [7, 11) is 5.02. The Morgan fingerprint density at radius 2 is 2.00 bits per heavy atom. The number of benzene rings is 2. The Bertz CT molecular complexity index is 1690. The standard InChI is InChI=1S/C41H56N4O8/c1-42-27-40(17-15-30(25-40)24-37(49)52-20-8-19-46)53-35-22-28-9-4-5-12-36(48)41(26-29-13-14-33(47)34(23-29)51-3)16-6-10-31(41)11-7-18-44-39(43-2)45-32(21-28)38(35)50/h5,12-14,21-23,30-31,37,42,46-47,49-50H,4,6,8-11,15-17,19-20,24-27H2,1-3H3,(H2,43,44,45)/t30-,31-,37-,40+,41-/m1/s1. The number of fused-ring (bicyclic) bond motifs is 3. The van der Waals surface area contributed by atoms with Gasteiger partial charge in [0.05, 0.1) is 19.4 Å². The van der Waals surface area contributed by atoms with E-state index in [1.54, 1.807) is 19.2 Å². The number of likely N-dealkylation sites (N-methyl/N-ethyl adjacent to an activating group) is 1. The molecule has 0 saturated heterocycles. The molecule has 2 aromatic rings. The molecule has 3 aliphatic rings. The molecule has 2 aliphatic carbocycles. The summed E-state index contributed by atoms with van der Waals surface area (Å²) in [6.07, 6.45) is 10.6. The van der Waals surface area contributed by atoms with Crippen molar-refractivity contribution in [2.45, 2.75) is 88.9 Å². The second-order valence-electron chi connectivity index (χ2n) is 14.6. The van der Waals surface area contributed by atoms with E-state index >= 15 is 0 Å². The Morgan fingerprint density at radius 3 is 2.77 bits per heavy atom. The van der Waals surface area contributed by atoms with E-state index in [2.05, 4.69) is 32.9 Å². The summed E-state index contributed by atoms with van der Waals surface area (Å²) in [5, 5.41) is 50.8. The molecule has 1 heterocycles. The number of ketones is 1.